The molecule has 146 valence electrons. The fourth-order valence-electron chi connectivity index (χ4n) is 2.83. The molecular weight excluding hydrogens is 360 g/mol. The van der Waals surface area contributed by atoms with Crippen molar-refractivity contribution in [2.24, 2.45) is 0 Å². The molecule has 2 aromatic carbocycles. The maximum atomic E-state index is 12.5. The summed E-state index contributed by atoms with van der Waals surface area (Å²) in [5, 5.41) is 0.733. The lowest BCUT2D eigenvalue weighted by atomic mass is 10.1. The van der Waals surface area contributed by atoms with Crippen molar-refractivity contribution in [1.82, 2.24) is 0 Å². The van der Waals surface area contributed by atoms with E-state index >= 15 is 0 Å². The number of hydrogen-bond donors (Lipinski definition) is 0. The van der Waals surface area contributed by atoms with Crippen LogP contribution in [-0.2, 0) is 11.3 Å². The summed E-state index contributed by atoms with van der Waals surface area (Å²) in [6, 6.07) is 11.7. The first-order valence-electron chi connectivity index (χ1n) is 8.92. The monoisotopic (exact) mass is 382 g/mol. The maximum absolute atomic E-state index is 12.5. The minimum atomic E-state index is -0.525. The average molecular weight is 382 g/mol. The van der Waals surface area contributed by atoms with E-state index in [0.717, 1.165) is 10.9 Å². The first-order chi connectivity index (χ1) is 13.4. The molecule has 0 saturated carbocycles. The SMILES string of the molecule is COc1cc(C(=O)OCc2cc(=O)oc3cc(C)ccc23)ccc1OC(C)C. The zero-order valence-corrected chi connectivity index (χ0v) is 16.3. The largest absolute Gasteiger partial charge is 0.493 e. The Bertz CT molecular complexity index is 1060. The number of esters is 1. The van der Waals surface area contributed by atoms with Gasteiger partial charge in [0.15, 0.2) is 11.5 Å². The molecular formula is C22H22O6. The lowest BCUT2D eigenvalue weighted by Crippen LogP contribution is -2.10. The van der Waals surface area contributed by atoms with E-state index in [4.69, 9.17) is 18.6 Å². The molecule has 0 saturated heterocycles. The fourth-order valence-corrected chi connectivity index (χ4v) is 2.83. The van der Waals surface area contributed by atoms with Crippen LogP contribution in [0.4, 0.5) is 0 Å². The zero-order chi connectivity index (χ0) is 20.3. The molecule has 0 unspecified atom stereocenters. The van der Waals surface area contributed by atoms with E-state index in [-0.39, 0.29) is 12.7 Å². The third-order valence-electron chi connectivity index (χ3n) is 4.11. The van der Waals surface area contributed by atoms with Crippen molar-refractivity contribution in [3.63, 3.8) is 0 Å². The van der Waals surface area contributed by atoms with E-state index in [1.807, 2.05) is 32.9 Å². The van der Waals surface area contributed by atoms with Crippen LogP contribution in [0.15, 0.2) is 51.7 Å². The molecule has 3 aromatic rings. The first-order valence-corrected chi connectivity index (χ1v) is 8.92. The predicted molar refractivity (Wildman–Crippen MR) is 105 cm³/mol. The van der Waals surface area contributed by atoms with Gasteiger partial charge in [-0.05, 0) is 50.6 Å². The Morgan fingerprint density at radius 1 is 1.07 bits per heavy atom. The van der Waals surface area contributed by atoms with Crippen molar-refractivity contribution in [3.05, 3.63) is 69.6 Å². The fraction of sp³-hybridized carbons (Fsp3) is 0.273. The second-order valence-electron chi connectivity index (χ2n) is 6.70. The summed E-state index contributed by atoms with van der Waals surface area (Å²) >= 11 is 0. The Morgan fingerprint density at radius 2 is 1.86 bits per heavy atom. The Labute approximate surface area is 162 Å². The van der Waals surface area contributed by atoms with Crippen LogP contribution in [0.3, 0.4) is 0 Å². The molecule has 0 amide bonds. The van der Waals surface area contributed by atoms with Crippen LogP contribution < -0.4 is 15.1 Å². The summed E-state index contributed by atoms with van der Waals surface area (Å²) in [4.78, 5) is 24.3. The van der Waals surface area contributed by atoms with Gasteiger partial charge >= 0.3 is 11.6 Å². The van der Waals surface area contributed by atoms with Crippen LogP contribution >= 0.6 is 0 Å². The van der Waals surface area contributed by atoms with Gasteiger partial charge in [-0.2, -0.15) is 0 Å². The number of carbonyl (C=O) groups is 1. The molecule has 0 aliphatic carbocycles. The number of fused-ring (bicyclic) bond motifs is 1. The summed E-state index contributed by atoms with van der Waals surface area (Å²) in [6.07, 6.45) is -0.0200. The van der Waals surface area contributed by atoms with Crippen LogP contribution in [0.5, 0.6) is 11.5 Å². The van der Waals surface area contributed by atoms with Crippen molar-refractivity contribution in [3.8, 4) is 11.5 Å². The normalized spacial score (nSPS) is 10.9. The van der Waals surface area contributed by atoms with Crippen LogP contribution in [-0.4, -0.2) is 19.2 Å². The molecule has 0 bridgehead atoms. The lowest BCUT2D eigenvalue weighted by molar-refractivity contribution is 0.0473. The van der Waals surface area contributed by atoms with Gasteiger partial charge in [-0.15, -0.1) is 0 Å². The Hall–Kier alpha value is -3.28. The predicted octanol–water partition coefficient (Wildman–Crippen LogP) is 4.25. The van der Waals surface area contributed by atoms with Crippen molar-refractivity contribution in [2.45, 2.75) is 33.5 Å². The molecule has 0 atom stereocenters. The first kappa shape index (κ1) is 19.5. The number of benzene rings is 2. The minimum absolute atomic E-state index is 0.0200. The highest BCUT2D eigenvalue weighted by Crippen LogP contribution is 2.29. The van der Waals surface area contributed by atoms with Crippen molar-refractivity contribution < 1.29 is 23.4 Å². The zero-order valence-electron chi connectivity index (χ0n) is 16.3. The molecule has 28 heavy (non-hydrogen) atoms. The smallest absolute Gasteiger partial charge is 0.338 e. The topological polar surface area (TPSA) is 75.0 Å². The highest BCUT2D eigenvalue weighted by molar-refractivity contribution is 5.90. The van der Waals surface area contributed by atoms with Gasteiger partial charge in [-0.1, -0.05) is 12.1 Å². The van der Waals surface area contributed by atoms with Gasteiger partial charge in [0, 0.05) is 17.0 Å². The highest BCUT2D eigenvalue weighted by Gasteiger charge is 2.15. The van der Waals surface area contributed by atoms with Gasteiger partial charge in [0.2, 0.25) is 0 Å². The second-order valence-corrected chi connectivity index (χ2v) is 6.70. The standard InChI is InChI=1S/C22H22O6/c1-13(2)27-18-8-6-15(10-20(18)25-4)22(24)26-12-16-11-21(23)28-19-9-14(3)5-7-17(16)19/h5-11,13H,12H2,1-4H3. The summed E-state index contributed by atoms with van der Waals surface area (Å²) < 4.78 is 21.6. The van der Waals surface area contributed by atoms with E-state index < -0.39 is 11.6 Å². The number of hydrogen-bond acceptors (Lipinski definition) is 6. The Kier molecular flexibility index (Phi) is 5.68. The number of ether oxygens (including phenoxy) is 3. The van der Waals surface area contributed by atoms with Crippen molar-refractivity contribution in [2.75, 3.05) is 7.11 Å². The van der Waals surface area contributed by atoms with E-state index in [1.54, 1.807) is 24.3 Å². The van der Waals surface area contributed by atoms with Crippen molar-refractivity contribution >= 4 is 16.9 Å². The maximum Gasteiger partial charge on any atom is 0.338 e. The average Bonchev–Trinajstić information content (AvgIpc) is 2.65. The van der Waals surface area contributed by atoms with Gasteiger partial charge in [0.25, 0.3) is 0 Å². The minimum Gasteiger partial charge on any atom is -0.493 e. The molecule has 0 radical (unpaired) electrons. The van der Waals surface area contributed by atoms with Crippen LogP contribution in [0, 0.1) is 6.92 Å². The van der Waals surface area contributed by atoms with E-state index in [0.29, 0.717) is 28.2 Å². The number of aryl methyl sites for hydroxylation is 1. The van der Waals surface area contributed by atoms with Crippen LogP contribution in [0.1, 0.15) is 35.3 Å². The lowest BCUT2D eigenvalue weighted by Gasteiger charge is -2.14. The highest BCUT2D eigenvalue weighted by atomic mass is 16.5. The third kappa shape index (κ3) is 4.34. The Morgan fingerprint density at radius 3 is 2.57 bits per heavy atom. The Balaban J connectivity index is 1.81. The molecule has 0 N–H and O–H groups in total. The van der Waals surface area contributed by atoms with Gasteiger partial charge in [0.05, 0.1) is 18.8 Å². The van der Waals surface area contributed by atoms with E-state index in [1.165, 1.54) is 13.2 Å². The van der Waals surface area contributed by atoms with E-state index in [9.17, 15) is 9.59 Å². The molecule has 1 heterocycles. The summed E-state index contributed by atoms with van der Waals surface area (Å²) in [6.45, 7) is 5.68. The van der Waals surface area contributed by atoms with Gasteiger partial charge in [0.1, 0.15) is 12.2 Å². The molecule has 3 rings (SSSR count). The summed E-state index contributed by atoms with van der Waals surface area (Å²) in [5.41, 5.74) is 1.87. The summed E-state index contributed by atoms with van der Waals surface area (Å²) in [5.74, 6) is 0.475. The van der Waals surface area contributed by atoms with Gasteiger partial charge < -0.3 is 18.6 Å². The number of carbonyl (C=O) groups excluding carboxylic acids is 1. The van der Waals surface area contributed by atoms with Crippen molar-refractivity contribution in [1.29, 1.82) is 0 Å². The van der Waals surface area contributed by atoms with Crippen LogP contribution in [0.2, 0.25) is 0 Å². The number of methoxy groups -OCH3 is 1. The van der Waals surface area contributed by atoms with Gasteiger partial charge in [-0.25, -0.2) is 9.59 Å². The van der Waals surface area contributed by atoms with E-state index in [2.05, 4.69) is 0 Å². The summed E-state index contributed by atoms with van der Waals surface area (Å²) in [7, 11) is 1.51. The molecule has 1 aromatic heterocycles. The molecule has 0 fully saturated rings. The quantitative estimate of drug-likeness (QED) is 0.469. The molecule has 0 aliphatic rings. The molecule has 6 heteroatoms. The number of rotatable bonds is 6. The molecule has 6 nitrogen and oxygen atoms in total. The molecule has 0 spiro atoms. The van der Waals surface area contributed by atoms with Crippen LogP contribution in [0.25, 0.3) is 11.0 Å². The molecule has 0 aliphatic heterocycles. The second kappa shape index (κ2) is 8.17. The van der Waals surface area contributed by atoms with Gasteiger partial charge in [-0.3, -0.25) is 0 Å². The third-order valence-corrected chi connectivity index (χ3v) is 4.11.